The van der Waals surface area contributed by atoms with Crippen LogP contribution in [0.3, 0.4) is 0 Å². The zero-order valence-corrected chi connectivity index (χ0v) is 15.4. The van der Waals surface area contributed by atoms with Gasteiger partial charge in [0.1, 0.15) is 16.4 Å². The Labute approximate surface area is 154 Å². The molecule has 1 atom stereocenters. The molecule has 25 heavy (non-hydrogen) atoms. The fourth-order valence-electron chi connectivity index (χ4n) is 3.06. The van der Waals surface area contributed by atoms with Crippen molar-refractivity contribution in [2.75, 3.05) is 10.7 Å². The van der Waals surface area contributed by atoms with Crippen LogP contribution >= 0.6 is 23.4 Å². The average Bonchev–Trinajstić information content (AvgIpc) is 2.88. The van der Waals surface area contributed by atoms with E-state index in [0.717, 1.165) is 0 Å². The van der Waals surface area contributed by atoms with Gasteiger partial charge in [-0.2, -0.15) is 0 Å². The van der Waals surface area contributed by atoms with E-state index in [1.54, 1.807) is 38.1 Å². The number of carbonyl (C=O) groups is 1. The first-order valence-corrected chi connectivity index (χ1v) is 9.04. The first-order valence-electron chi connectivity index (χ1n) is 7.68. The number of phenolic OH excluding ortho intramolecular Hbond substituents is 2. The van der Waals surface area contributed by atoms with Crippen molar-refractivity contribution in [2.45, 2.75) is 25.3 Å². The second-order valence-corrected chi connectivity index (χ2v) is 7.85. The number of phenols is 2. The lowest BCUT2D eigenvalue weighted by molar-refractivity contribution is -0.116. The van der Waals surface area contributed by atoms with Gasteiger partial charge >= 0.3 is 0 Å². The van der Waals surface area contributed by atoms with Gasteiger partial charge in [0.05, 0.1) is 23.1 Å². The highest BCUT2D eigenvalue weighted by atomic mass is 35.5. The maximum atomic E-state index is 12.6. The molecule has 7 heteroatoms. The van der Waals surface area contributed by atoms with Crippen LogP contribution in [0.1, 0.15) is 23.6 Å². The fraction of sp³-hybridized carbons (Fsp3) is 0.278. The Bertz CT molecular complexity index is 857. The third-order valence-electron chi connectivity index (χ3n) is 4.42. The molecule has 1 aliphatic rings. The average molecular weight is 380 g/mol. The molecule has 3 N–H and O–H groups in total. The van der Waals surface area contributed by atoms with Crippen LogP contribution in [0.25, 0.3) is 0 Å². The van der Waals surface area contributed by atoms with Crippen LogP contribution in [-0.2, 0) is 16.3 Å². The number of amides is 1. The molecule has 2 aromatic rings. The van der Waals surface area contributed by atoms with Crippen LogP contribution in [-0.4, -0.2) is 27.0 Å². The van der Waals surface area contributed by atoms with E-state index in [1.807, 2.05) is 0 Å². The molecule has 1 saturated heterocycles. The summed E-state index contributed by atoms with van der Waals surface area (Å²) in [4.78, 5) is 13.1. The number of para-hydroxylation sites is 1. The zero-order valence-electron chi connectivity index (χ0n) is 13.8. The highest BCUT2D eigenvalue weighted by molar-refractivity contribution is 8.01. The van der Waals surface area contributed by atoms with Gasteiger partial charge in [-0.25, -0.2) is 0 Å². The number of aliphatic hydroxyl groups excluding tert-OH is 1. The van der Waals surface area contributed by atoms with E-state index >= 15 is 0 Å². The van der Waals surface area contributed by atoms with Crippen molar-refractivity contribution in [3.8, 4) is 11.5 Å². The Morgan fingerprint density at radius 1 is 1.28 bits per heavy atom. The third kappa shape index (κ3) is 2.84. The second-order valence-electron chi connectivity index (χ2n) is 6.08. The number of rotatable bonds is 3. The number of halogens is 1. The standard InChI is InChI=1S/C18H18ClNO4S/c1-10-4-3-5-14(16(10)23)20-15(22)9-25-18(20,2)12-6-11(8-21)7-13(19)17(12)24/h3-7,21,23-24H,8-9H2,1-2H3. The van der Waals surface area contributed by atoms with E-state index in [2.05, 4.69) is 0 Å². The van der Waals surface area contributed by atoms with Gasteiger partial charge in [0.15, 0.2) is 0 Å². The van der Waals surface area contributed by atoms with Gasteiger partial charge in [0.2, 0.25) is 5.91 Å². The molecule has 1 aliphatic heterocycles. The molecule has 1 amide bonds. The number of thioether (sulfide) groups is 1. The Morgan fingerprint density at radius 2 is 2.00 bits per heavy atom. The molecule has 1 fully saturated rings. The minimum atomic E-state index is -0.971. The predicted molar refractivity (Wildman–Crippen MR) is 99.2 cm³/mol. The SMILES string of the molecule is Cc1cccc(N2C(=O)CSC2(C)c2cc(CO)cc(Cl)c2O)c1O. The van der Waals surface area contributed by atoms with Gasteiger partial charge < -0.3 is 15.3 Å². The number of hydrogen-bond acceptors (Lipinski definition) is 5. The summed E-state index contributed by atoms with van der Waals surface area (Å²) in [6.07, 6.45) is 0. The molecule has 0 spiro atoms. The van der Waals surface area contributed by atoms with Crippen molar-refractivity contribution < 1.29 is 20.1 Å². The summed E-state index contributed by atoms with van der Waals surface area (Å²) in [5, 5.41) is 30.5. The Balaban J connectivity index is 2.22. The van der Waals surface area contributed by atoms with Crippen LogP contribution in [0.15, 0.2) is 30.3 Å². The summed E-state index contributed by atoms with van der Waals surface area (Å²) in [5.41, 5.74) is 1.98. The largest absolute Gasteiger partial charge is 0.506 e. The molecule has 0 aromatic heterocycles. The van der Waals surface area contributed by atoms with E-state index in [-0.39, 0.29) is 34.8 Å². The highest BCUT2D eigenvalue weighted by Gasteiger charge is 2.47. The van der Waals surface area contributed by atoms with E-state index in [9.17, 15) is 20.1 Å². The monoisotopic (exact) mass is 379 g/mol. The van der Waals surface area contributed by atoms with Crippen LogP contribution in [0.5, 0.6) is 11.5 Å². The fourth-order valence-corrected chi connectivity index (χ4v) is 4.47. The molecule has 0 bridgehead atoms. The molecule has 0 aliphatic carbocycles. The zero-order chi connectivity index (χ0) is 18.4. The van der Waals surface area contributed by atoms with Crippen LogP contribution < -0.4 is 4.90 Å². The van der Waals surface area contributed by atoms with Crippen LogP contribution in [0, 0.1) is 6.92 Å². The number of carbonyl (C=O) groups excluding carboxylic acids is 1. The van der Waals surface area contributed by atoms with E-state index in [0.29, 0.717) is 22.4 Å². The minimum Gasteiger partial charge on any atom is -0.506 e. The smallest absolute Gasteiger partial charge is 0.238 e. The predicted octanol–water partition coefficient (Wildman–Crippen LogP) is 3.50. The molecule has 5 nitrogen and oxygen atoms in total. The van der Waals surface area contributed by atoms with Crippen molar-refractivity contribution in [2.24, 2.45) is 0 Å². The lowest BCUT2D eigenvalue weighted by Crippen LogP contribution is -2.40. The molecular formula is C18H18ClNO4S. The molecule has 1 unspecified atom stereocenters. The lowest BCUT2D eigenvalue weighted by Gasteiger charge is -2.36. The molecular weight excluding hydrogens is 362 g/mol. The number of benzene rings is 2. The van der Waals surface area contributed by atoms with Crippen LogP contribution in [0.4, 0.5) is 5.69 Å². The van der Waals surface area contributed by atoms with Gasteiger partial charge in [-0.05, 0) is 43.2 Å². The Kier molecular flexibility index (Phi) is 4.62. The summed E-state index contributed by atoms with van der Waals surface area (Å²) in [6.45, 7) is 3.30. The van der Waals surface area contributed by atoms with E-state index < -0.39 is 4.87 Å². The van der Waals surface area contributed by atoms with Crippen molar-refractivity contribution in [3.05, 3.63) is 52.0 Å². The number of nitrogens with zero attached hydrogens (tertiary/aromatic N) is 1. The maximum Gasteiger partial charge on any atom is 0.238 e. The highest BCUT2D eigenvalue weighted by Crippen LogP contribution is 2.53. The first-order chi connectivity index (χ1) is 11.8. The van der Waals surface area contributed by atoms with Gasteiger partial charge in [-0.1, -0.05) is 23.7 Å². The molecule has 132 valence electrons. The number of hydrogen-bond donors (Lipinski definition) is 3. The Morgan fingerprint density at radius 3 is 2.68 bits per heavy atom. The molecule has 0 radical (unpaired) electrons. The van der Waals surface area contributed by atoms with Gasteiger partial charge in [-0.15, -0.1) is 11.8 Å². The van der Waals surface area contributed by atoms with Crippen molar-refractivity contribution in [3.63, 3.8) is 0 Å². The number of aliphatic hydroxyl groups is 1. The minimum absolute atomic E-state index is 0.0217. The van der Waals surface area contributed by atoms with E-state index in [1.165, 1.54) is 22.7 Å². The van der Waals surface area contributed by atoms with E-state index in [4.69, 9.17) is 11.6 Å². The normalized spacial score (nSPS) is 20.3. The molecule has 1 heterocycles. The lowest BCUT2D eigenvalue weighted by atomic mass is 10.0. The second kappa shape index (κ2) is 6.44. The topological polar surface area (TPSA) is 81.0 Å². The summed E-state index contributed by atoms with van der Waals surface area (Å²) < 4.78 is 0. The van der Waals surface area contributed by atoms with Crippen LogP contribution in [0.2, 0.25) is 5.02 Å². The molecule has 3 rings (SSSR count). The van der Waals surface area contributed by atoms with Crippen molar-refractivity contribution in [1.29, 1.82) is 0 Å². The number of anilines is 1. The summed E-state index contributed by atoms with van der Waals surface area (Å²) in [6, 6.07) is 8.30. The summed E-state index contributed by atoms with van der Waals surface area (Å²) in [7, 11) is 0. The third-order valence-corrected chi connectivity index (χ3v) is 6.06. The summed E-state index contributed by atoms with van der Waals surface area (Å²) >= 11 is 7.43. The quantitative estimate of drug-likeness (QED) is 0.760. The Hall–Kier alpha value is -1.89. The van der Waals surface area contributed by atoms with Crippen molar-refractivity contribution in [1.82, 2.24) is 0 Å². The first kappa shape index (κ1) is 17.9. The van der Waals surface area contributed by atoms with Crippen molar-refractivity contribution >= 4 is 35.0 Å². The van der Waals surface area contributed by atoms with Gasteiger partial charge in [0, 0.05) is 5.56 Å². The van der Waals surface area contributed by atoms with Gasteiger partial charge in [-0.3, -0.25) is 9.69 Å². The molecule has 0 saturated carbocycles. The number of aryl methyl sites for hydroxylation is 1. The number of aromatic hydroxyl groups is 2. The maximum absolute atomic E-state index is 12.6. The summed E-state index contributed by atoms with van der Waals surface area (Å²) in [5.74, 6) is -0.0999. The van der Waals surface area contributed by atoms with Gasteiger partial charge in [0.25, 0.3) is 0 Å². The molecule has 2 aromatic carbocycles.